The van der Waals surface area contributed by atoms with Crippen molar-refractivity contribution in [3.63, 3.8) is 0 Å². The Morgan fingerprint density at radius 1 is 1.18 bits per heavy atom. The molecule has 0 aromatic carbocycles. The summed E-state index contributed by atoms with van der Waals surface area (Å²) in [6.45, 7) is 1.65. The molecule has 0 aliphatic carbocycles. The van der Waals surface area contributed by atoms with Crippen LogP contribution in [-0.2, 0) is 4.74 Å². The summed E-state index contributed by atoms with van der Waals surface area (Å²) in [7, 11) is 0. The molecule has 1 aliphatic rings. The van der Waals surface area contributed by atoms with Crippen molar-refractivity contribution in [1.82, 2.24) is 0 Å². The largest absolute Gasteiger partial charge is 0.367 e. The second-order valence-electron chi connectivity index (χ2n) is 2.84. The van der Waals surface area contributed by atoms with E-state index >= 15 is 0 Å². The van der Waals surface area contributed by atoms with E-state index in [0.717, 1.165) is 13.2 Å². The van der Waals surface area contributed by atoms with Crippen LogP contribution in [0.5, 0.6) is 0 Å². The average Bonchev–Trinajstić information content (AvgIpc) is 2.84. The minimum Gasteiger partial charge on any atom is -0.367 e. The van der Waals surface area contributed by atoms with E-state index < -0.39 is 0 Å². The van der Waals surface area contributed by atoms with Gasteiger partial charge in [-0.1, -0.05) is 34.8 Å². The second kappa shape index (κ2) is 4.15. The fraction of sp³-hybridized carbons (Fsp3) is 1.00. The van der Waals surface area contributed by atoms with Crippen LogP contribution in [0.2, 0.25) is 0 Å². The molecule has 5 heteroatoms. The van der Waals surface area contributed by atoms with Gasteiger partial charge in [0.25, 0.3) is 0 Å². The third-order valence-electron chi connectivity index (χ3n) is 1.75. The maximum absolute atomic E-state index is 5.74. The van der Waals surface area contributed by atoms with E-state index in [2.05, 4.69) is 0 Å². The Labute approximate surface area is 81.6 Å². The van der Waals surface area contributed by atoms with Crippen molar-refractivity contribution >= 4 is 34.8 Å². The number of alkyl halides is 3. The molecule has 0 spiro atoms. The van der Waals surface area contributed by atoms with Crippen molar-refractivity contribution in [1.29, 1.82) is 0 Å². The third-order valence-corrected chi connectivity index (χ3v) is 3.28. The van der Waals surface area contributed by atoms with Gasteiger partial charge in [-0.3, -0.25) is 4.48 Å². The number of epoxide rings is 1. The van der Waals surface area contributed by atoms with E-state index in [1.807, 2.05) is 0 Å². The predicted octanol–water partition coefficient (Wildman–Crippen LogP) is 1.79. The zero-order chi connectivity index (χ0) is 8.32. The van der Waals surface area contributed by atoms with E-state index in [4.69, 9.17) is 39.5 Å². The lowest BCUT2D eigenvalue weighted by molar-refractivity contribution is -0.896. The lowest BCUT2D eigenvalue weighted by Crippen LogP contribution is -2.47. The van der Waals surface area contributed by atoms with Gasteiger partial charge in [0.2, 0.25) is 0 Å². The first-order valence-electron chi connectivity index (χ1n) is 3.41. The Kier molecular flexibility index (Phi) is 3.72. The number of halogens is 3. The van der Waals surface area contributed by atoms with E-state index in [1.165, 1.54) is 0 Å². The monoisotopic (exact) mass is 218 g/mol. The molecule has 0 radical (unpaired) electrons. The van der Waals surface area contributed by atoms with Crippen LogP contribution < -0.4 is 0 Å². The summed E-state index contributed by atoms with van der Waals surface area (Å²) < 4.78 is 5.60. The highest BCUT2D eigenvalue weighted by atomic mass is 35.5. The highest BCUT2D eigenvalue weighted by Gasteiger charge is 2.35. The molecule has 1 aliphatic heterocycles. The number of hydrogen-bond acceptors (Lipinski definition) is 1. The van der Waals surface area contributed by atoms with Gasteiger partial charge in [-0.25, -0.2) is 0 Å². The number of rotatable bonds is 5. The Hall–Kier alpha value is 0.790. The Morgan fingerprint density at radius 2 is 1.64 bits per heavy atom. The fourth-order valence-corrected chi connectivity index (χ4v) is 1.91. The molecule has 1 unspecified atom stereocenters. The maximum atomic E-state index is 5.74. The zero-order valence-corrected chi connectivity index (χ0v) is 8.37. The van der Waals surface area contributed by atoms with Gasteiger partial charge in [-0.05, 0) is 0 Å². The van der Waals surface area contributed by atoms with Crippen LogP contribution in [-0.4, -0.2) is 41.8 Å². The normalized spacial score (nSPS) is 23.7. The first-order valence-corrected chi connectivity index (χ1v) is 5.01. The van der Waals surface area contributed by atoms with Crippen LogP contribution in [0.3, 0.4) is 0 Å². The first-order chi connectivity index (χ1) is 5.26. The van der Waals surface area contributed by atoms with Crippen molar-refractivity contribution < 1.29 is 9.22 Å². The zero-order valence-electron chi connectivity index (χ0n) is 6.10. The summed E-state index contributed by atoms with van der Waals surface area (Å²) in [5, 5.41) is 0. The molecule has 0 amide bonds. The van der Waals surface area contributed by atoms with Crippen LogP contribution in [0, 0.1) is 0 Å². The predicted molar refractivity (Wildman–Crippen MR) is 47.0 cm³/mol. The van der Waals surface area contributed by atoms with Crippen molar-refractivity contribution in [3.8, 4) is 0 Å². The summed E-state index contributed by atoms with van der Waals surface area (Å²) >= 11 is 17.2. The van der Waals surface area contributed by atoms with Crippen molar-refractivity contribution in [2.24, 2.45) is 0 Å². The van der Waals surface area contributed by atoms with Gasteiger partial charge < -0.3 is 4.74 Å². The van der Waals surface area contributed by atoms with E-state index in [-0.39, 0.29) is 0 Å². The summed E-state index contributed by atoms with van der Waals surface area (Å²) in [6, 6.07) is 1.35. The van der Waals surface area contributed by atoms with E-state index in [9.17, 15) is 0 Å². The summed E-state index contributed by atoms with van der Waals surface area (Å²) in [5.74, 6) is 0. The molecule has 1 fully saturated rings. The molecule has 1 heterocycles. The van der Waals surface area contributed by atoms with Gasteiger partial charge >= 0.3 is 0 Å². The van der Waals surface area contributed by atoms with Crippen LogP contribution in [0.15, 0.2) is 0 Å². The number of hydrogen-bond donors (Lipinski definition) is 0. The third kappa shape index (κ3) is 2.63. The molecular formula is C6H11Cl3NO+. The highest BCUT2D eigenvalue weighted by molar-refractivity contribution is 6.20. The Balaban J connectivity index is 2.39. The van der Waals surface area contributed by atoms with Crippen molar-refractivity contribution in [2.45, 2.75) is 6.10 Å². The minimum atomic E-state index is 0.325. The van der Waals surface area contributed by atoms with Gasteiger partial charge in [0.05, 0.1) is 6.61 Å². The molecule has 1 rings (SSSR count). The smallest absolute Gasteiger partial charge is 0.156 e. The molecule has 0 bridgehead atoms. The lowest BCUT2D eigenvalue weighted by Gasteiger charge is -2.31. The molecule has 11 heavy (non-hydrogen) atoms. The SMILES string of the molecule is ClC[N+](CCl)(CCl)CC1CO1. The Morgan fingerprint density at radius 3 is 1.91 bits per heavy atom. The van der Waals surface area contributed by atoms with Gasteiger partial charge in [0.15, 0.2) is 18.0 Å². The maximum Gasteiger partial charge on any atom is 0.156 e. The molecule has 2 nitrogen and oxygen atoms in total. The van der Waals surface area contributed by atoms with Gasteiger partial charge in [0, 0.05) is 0 Å². The van der Waals surface area contributed by atoms with Crippen LogP contribution in [0.1, 0.15) is 0 Å². The van der Waals surface area contributed by atoms with Gasteiger partial charge in [0.1, 0.15) is 12.6 Å². The molecule has 1 atom stereocenters. The fourth-order valence-electron chi connectivity index (χ4n) is 0.848. The van der Waals surface area contributed by atoms with Crippen molar-refractivity contribution in [3.05, 3.63) is 0 Å². The van der Waals surface area contributed by atoms with Crippen LogP contribution >= 0.6 is 34.8 Å². The lowest BCUT2D eigenvalue weighted by atomic mass is 10.4. The standard InChI is InChI=1S/C6H11Cl3NO/c7-3-10(4-8,5-9)1-6-2-11-6/h6H,1-5H2/q+1. The number of ether oxygens (including phenoxy) is 1. The molecule has 1 saturated heterocycles. The van der Waals surface area contributed by atoms with Crippen molar-refractivity contribution in [2.75, 3.05) is 31.2 Å². The molecule has 0 aromatic rings. The first kappa shape index (κ1) is 9.87. The molecular weight excluding hydrogens is 208 g/mol. The number of quaternary nitrogens is 1. The van der Waals surface area contributed by atoms with Gasteiger partial charge in [-0.15, -0.1) is 0 Å². The summed E-state index contributed by atoms with van der Waals surface area (Å²) in [5.41, 5.74) is 0. The molecule has 0 saturated carbocycles. The molecule has 0 N–H and O–H groups in total. The minimum absolute atomic E-state index is 0.325. The summed E-state index contributed by atoms with van der Waals surface area (Å²) in [4.78, 5) is 0. The van der Waals surface area contributed by atoms with E-state index in [0.29, 0.717) is 28.6 Å². The highest BCUT2D eigenvalue weighted by Crippen LogP contribution is 2.20. The number of nitrogens with zero attached hydrogens (tertiary/aromatic N) is 1. The molecule has 0 aromatic heterocycles. The topological polar surface area (TPSA) is 12.5 Å². The average molecular weight is 220 g/mol. The Bertz CT molecular complexity index is 117. The van der Waals surface area contributed by atoms with Crippen LogP contribution in [0.4, 0.5) is 0 Å². The second-order valence-corrected chi connectivity index (χ2v) is 3.56. The quantitative estimate of drug-likeness (QED) is 0.297. The molecule has 66 valence electrons. The van der Waals surface area contributed by atoms with Gasteiger partial charge in [-0.2, -0.15) is 0 Å². The van der Waals surface area contributed by atoms with E-state index in [1.54, 1.807) is 0 Å². The van der Waals surface area contributed by atoms with Crippen LogP contribution in [0.25, 0.3) is 0 Å². The summed E-state index contributed by atoms with van der Waals surface area (Å²) in [6.07, 6.45) is 0.325.